The Morgan fingerprint density at radius 2 is 2.00 bits per heavy atom. The lowest BCUT2D eigenvalue weighted by Gasteiger charge is -2.21. The van der Waals surface area contributed by atoms with E-state index in [0.717, 1.165) is 37.7 Å². The van der Waals surface area contributed by atoms with Crippen molar-refractivity contribution in [2.24, 2.45) is 5.92 Å². The van der Waals surface area contributed by atoms with Crippen molar-refractivity contribution in [1.29, 1.82) is 0 Å². The second kappa shape index (κ2) is 7.01. The molecule has 106 valence electrons. The summed E-state index contributed by atoms with van der Waals surface area (Å²) < 4.78 is 13.0. The number of aliphatic hydroxyl groups is 1. The molecule has 2 rings (SSSR count). The lowest BCUT2D eigenvalue weighted by atomic mass is 10.0. The van der Waals surface area contributed by atoms with Crippen LogP contribution in [0.5, 0.6) is 0 Å². The second-order valence-corrected chi connectivity index (χ2v) is 5.56. The summed E-state index contributed by atoms with van der Waals surface area (Å²) in [6.45, 7) is 2.80. The van der Waals surface area contributed by atoms with Crippen molar-refractivity contribution < 1.29 is 9.50 Å². The molecule has 0 saturated heterocycles. The molecule has 1 aliphatic carbocycles. The van der Waals surface area contributed by atoms with Gasteiger partial charge in [0.25, 0.3) is 0 Å². The fraction of sp³-hybridized carbons (Fsp3) is 0.625. The minimum absolute atomic E-state index is 0.198. The van der Waals surface area contributed by atoms with Gasteiger partial charge in [-0.05, 0) is 42.9 Å². The van der Waals surface area contributed by atoms with Crippen LogP contribution in [0.4, 0.5) is 4.39 Å². The Morgan fingerprint density at radius 1 is 1.32 bits per heavy atom. The summed E-state index contributed by atoms with van der Waals surface area (Å²) in [6.07, 6.45) is 5.38. The summed E-state index contributed by atoms with van der Waals surface area (Å²) in [4.78, 5) is 0. The van der Waals surface area contributed by atoms with E-state index < -0.39 is 0 Å². The summed E-state index contributed by atoms with van der Waals surface area (Å²) in [7, 11) is 0. The van der Waals surface area contributed by atoms with Crippen LogP contribution in [0.15, 0.2) is 24.3 Å². The van der Waals surface area contributed by atoms with Crippen LogP contribution in [-0.4, -0.2) is 17.8 Å². The number of nitrogens with one attached hydrogen (secondary N) is 1. The van der Waals surface area contributed by atoms with Crippen molar-refractivity contribution >= 4 is 0 Å². The number of unbranched alkanes of at least 4 members (excludes halogenated alkanes) is 1. The van der Waals surface area contributed by atoms with Crippen molar-refractivity contribution in [2.75, 3.05) is 6.54 Å². The molecule has 1 fully saturated rings. The van der Waals surface area contributed by atoms with E-state index in [4.69, 9.17) is 0 Å². The summed E-state index contributed by atoms with van der Waals surface area (Å²) in [5, 5.41) is 13.4. The largest absolute Gasteiger partial charge is 0.392 e. The van der Waals surface area contributed by atoms with Gasteiger partial charge in [-0.1, -0.05) is 31.9 Å². The average molecular weight is 265 g/mol. The first kappa shape index (κ1) is 14.5. The van der Waals surface area contributed by atoms with Gasteiger partial charge in [0.05, 0.1) is 6.10 Å². The summed E-state index contributed by atoms with van der Waals surface area (Å²) >= 11 is 0. The zero-order valence-corrected chi connectivity index (χ0v) is 11.6. The van der Waals surface area contributed by atoms with E-state index >= 15 is 0 Å². The van der Waals surface area contributed by atoms with E-state index in [2.05, 4.69) is 12.2 Å². The van der Waals surface area contributed by atoms with Crippen molar-refractivity contribution in [3.05, 3.63) is 35.6 Å². The average Bonchev–Trinajstić information content (AvgIpc) is 3.24. The summed E-state index contributed by atoms with van der Waals surface area (Å²) in [5.41, 5.74) is 1.11. The third kappa shape index (κ3) is 4.59. The highest BCUT2D eigenvalue weighted by atomic mass is 19.1. The second-order valence-electron chi connectivity index (χ2n) is 5.56. The van der Waals surface area contributed by atoms with Gasteiger partial charge in [-0.3, -0.25) is 0 Å². The van der Waals surface area contributed by atoms with Crippen LogP contribution in [0.3, 0.4) is 0 Å². The van der Waals surface area contributed by atoms with Crippen LogP contribution in [0.2, 0.25) is 0 Å². The lowest BCUT2D eigenvalue weighted by Crippen LogP contribution is -2.31. The number of rotatable bonds is 8. The van der Waals surface area contributed by atoms with Crippen molar-refractivity contribution in [1.82, 2.24) is 5.32 Å². The molecule has 0 bridgehead atoms. The summed E-state index contributed by atoms with van der Waals surface area (Å²) in [5.74, 6) is 0.295. The third-order valence-corrected chi connectivity index (χ3v) is 3.86. The maximum atomic E-state index is 13.0. The lowest BCUT2D eigenvalue weighted by molar-refractivity contribution is 0.144. The molecule has 2 unspecified atom stereocenters. The molecular formula is C16H24FNO. The van der Waals surface area contributed by atoms with Gasteiger partial charge in [-0.2, -0.15) is 0 Å². The Balaban J connectivity index is 1.91. The first-order valence-corrected chi connectivity index (χ1v) is 7.37. The zero-order chi connectivity index (χ0) is 13.7. The van der Waals surface area contributed by atoms with Crippen LogP contribution in [0, 0.1) is 11.7 Å². The third-order valence-electron chi connectivity index (χ3n) is 3.86. The topological polar surface area (TPSA) is 32.3 Å². The smallest absolute Gasteiger partial charge is 0.123 e. The van der Waals surface area contributed by atoms with Gasteiger partial charge in [-0.25, -0.2) is 4.39 Å². The van der Waals surface area contributed by atoms with E-state index in [1.807, 2.05) is 12.1 Å². The SMILES string of the molecule is CCCCC(NCC(O)C1CC1)c1ccc(F)cc1. The number of hydrogen-bond acceptors (Lipinski definition) is 2. The van der Waals surface area contributed by atoms with Gasteiger partial charge in [0.2, 0.25) is 0 Å². The molecule has 0 aromatic heterocycles. The number of benzene rings is 1. The fourth-order valence-electron chi connectivity index (χ4n) is 2.40. The van der Waals surface area contributed by atoms with E-state index in [1.54, 1.807) is 0 Å². The molecule has 1 aromatic rings. The molecule has 0 amide bonds. The van der Waals surface area contributed by atoms with E-state index in [1.165, 1.54) is 12.1 Å². The Labute approximate surface area is 115 Å². The molecule has 0 radical (unpaired) electrons. The minimum Gasteiger partial charge on any atom is -0.392 e. The Kier molecular flexibility index (Phi) is 5.34. The predicted molar refractivity (Wildman–Crippen MR) is 75.4 cm³/mol. The van der Waals surface area contributed by atoms with Gasteiger partial charge in [-0.15, -0.1) is 0 Å². The Morgan fingerprint density at radius 3 is 2.58 bits per heavy atom. The van der Waals surface area contributed by atoms with Crippen LogP contribution in [0.1, 0.15) is 50.6 Å². The minimum atomic E-state index is -0.232. The van der Waals surface area contributed by atoms with Gasteiger partial charge in [0.15, 0.2) is 0 Å². The normalized spacial score (nSPS) is 18.3. The van der Waals surface area contributed by atoms with Crippen molar-refractivity contribution in [3.8, 4) is 0 Å². The number of aliphatic hydroxyl groups excluding tert-OH is 1. The molecule has 2 nitrogen and oxygen atoms in total. The van der Waals surface area contributed by atoms with Gasteiger partial charge in [0, 0.05) is 12.6 Å². The highest BCUT2D eigenvalue weighted by molar-refractivity contribution is 5.20. The van der Waals surface area contributed by atoms with E-state index in [9.17, 15) is 9.50 Å². The molecule has 19 heavy (non-hydrogen) atoms. The molecule has 0 aliphatic heterocycles. The quantitative estimate of drug-likeness (QED) is 0.755. The molecule has 0 heterocycles. The maximum Gasteiger partial charge on any atom is 0.123 e. The molecule has 1 aliphatic rings. The van der Waals surface area contributed by atoms with Crippen LogP contribution in [-0.2, 0) is 0 Å². The first-order chi connectivity index (χ1) is 9.20. The monoisotopic (exact) mass is 265 g/mol. The molecule has 1 aromatic carbocycles. The molecule has 0 spiro atoms. The molecule has 1 saturated carbocycles. The number of hydrogen-bond donors (Lipinski definition) is 2. The molecule has 2 atom stereocenters. The van der Waals surface area contributed by atoms with Gasteiger partial charge < -0.3 is 10.4 Å². The van der Waals surface area contributed by atoms with Gasteiger partial charge in [0.1, 0.15) is 5.82 Å². The first-order valence-electron chi connectivity index (χ1n) is 7.37. The van der Waals surface area contributed by atoms with Crippen LogP contribution < -0.4 is 5.32 Å². The van der Waals surface area contributed by atoms with Crippen LogP contribution in [0.25, 0.3) is 0 Å². The van der Waals surface area contributed by atoms with Gasteiger partial charge >= 0.3 is 0 Å². The predicted octanol–water partition coefficient (Wildman–Crippen LogP) is 3.42. The molecule has 2 N–H and O–H groups in total. The highest BCUT2D eigenvalue weighted by Crippen LogP contribution is 2.32. The number of halogens is 1. The standard InChI is InChI=1S/C16H24FNO/c1-2-3-4-15(12-7-9-14(17)10-8-12)18-11-16(19)13-5-6-13/h7-10,13,15-16,18-19H,2-6,11H2,1H3. The highest BCUT2D eigenvalue weighted by Gasteiger charge is 2.29. The molecular weight excluding hydrogens is 241 g/mol. The Bertz CT molecular complexity index is 375. The molecule has 3 heteroatoms. The van der Waals surface area contributed by atoms with Crippen molar-refractivity contribution in [2.45, 2.75) is 51.2 Å². The van der Waals surface area contributed by atoms with Crippen molar-refractivity contribution in [3.63, 3.8) is 0 Å². The Hall–Kier alpha value is -0.930. The zero-order valence-electron chi connectivity index (χ0n) is 11.6. The maximum absolute atomic E-state index is 13.0. The van der Waals surface area contributed by atoms with Crippen LogP contribution >= 0.6 is 0 Å². The summed E-state index contributed by atoms with van der Waals surface area (Å²) in [6, 6.07) is 6.91. The fourth-order valence-corrected chi connectivity index (χ4v) is 2.40. The van der Waals surface area contributed by atoms with E-state index in [-0.39, 0.29) is 18.0 Å². The van der Waals surface area contributed by atoms with E-state index in [0.29, 0.717) is 12.5 Å².